The standard InChI is InChI=1S/C14H19F3N2O2/c1-3-5-12(18)13(20)19(2)9-10-6-4-7-11(8-10)21-14(15,16)17/h4,6-8,12H,3,5,9,18H2,1-2H3. The Morgan fingerprint density at radius 3 is 2.67 bits per heavy atom. The van der Waals surface area contributed by atoms with Crippen LogP contribution in [0.2, 0.25) is 0 Å². The molecule has 0 aliphatic carbocycles. The van der Waals surface area contributed by atoms with Gasteiger partial charge in [-0.05, 0) is 24.1 Å². The molecule has 0 aliphatic heterocycles. The molecule has 0 spiro atoms. The topological polar surface area (TPSA) is 55.6 Å². The molecule has 0 saturated heterocycles. The monoisotopic (exact) mass is 304 g/mol. The molecular weight excluding hydrogens is 285 g/mol. The van der Waals surface area contributed by atoms with E-state index in [2.05, 4.69) is 4.74 Å². The summed E-state index contributed by atoms with van der Waals surface area (Å²) in [4.78, 5) is 13.3. The van der Waals surface area contributed by atoms with Crippen LogP contribution < -0.4 is 10.5 Å². The molecule has 0 heterocycles. The van der Waals surface area contributed by atoms with Crippen molar-refractivity contribution in [2.45, 2.75) is 38.7 Å². The van der Waals surface area contributed by atoms with Gasteiger partial charge in [0.05, 0.1) is 6.04 Å². The average Bonchev–Trinajstić information content (AvgIpc) is 2.36. The Hall–Kier alpha value is -1.76. The number of benzene rings is 1. The molecule has 1 amide bonds. The van der Waals surface area contributed by atoms with Crippen LogP contribution in [0.15, 0.2) is 24.3 Å². The molecule has 0 fully saturated rings. The van der Waals surface area contributed by atoms with E-state index in [1.165, 1.54) is 23.1 Å². The predicted molar refractivity (Wildman–Crippen MR) is 72.5 cm³/mol. The van der Waals surface area contributed by atoms with E-state index < -0.39 is 12.4 Å². The first-order valence-electron chi connectivity index (χ1n) is 6.58. The van der Waals surface area contributed by atoms with Crippen molar-refractivity contribution in [1.29, 1.82) is 0 Å². The SMILES string of the molecule is CCCC(N)C(=O)N(C)Cc1cccc(OC(F)(F)F)c1. The molecule has 1 aromatic rings. The highest BCUT2D eigenvalue weighted by Crippen LogP contribution is 2.23. The van der Waals surface area contributed by atoms with E-state index in [1.807, 2.05) is 6.92 Å². The van der Waals surface area contributed by atoms with E-state index in [9.17, 15) is 18.0 Å². The molecule has 1 aromatic carbocycles. The minimum absolute atomic E-state index is 0.172. The molecule has 0 aromatic heterocycles. The number of hydrogen-bond donors (Lipinski definition) is 1. The van der Waals surface area contributed by atoms with Gasteiger partial charge in [-0.15, -0.1) is 13.2 Å². The van der Waals surface area contributed by atoms with Crippen LogP contribution in [0, 0.1) is 0 Å². The number of nitrogens with two attached hydrogens (primary N) is 1. The Labute approximate surface area is 121 Å². The highest BCUT2D eigenvalue weighted by molar-refractivity contribution is 5.81. The van der Waals surface area contributed by atoms with Crippen molar-refractivity contribution in [2.24, 2.45) is 5.73 Å². The summed E-state index contributed by atoms with van der Waals surface area (Å²) < 4.78 is 40.3. The lowest BCUT2D eigenvalue weighted by Crippen LogP contribution is -2.41. The van der Waals surface area contributed by atoms with Crippen molar-refractivity contribution in [1.82, 2.24) is 4.90 Å². The van der Waals surface area contributed by atoms with Crippen LogP contribution in [0.5, 0.6) is 5.75 Å². The van der Waals surface area contributed by atoms with E-state index >= 15 is 0 Å². The van der Waals surface area contributed by atoms with Crippen LogP contribution in [-0.4, -0.2) is 30.3 Å². The van der Waals surface area contributed by atoms with Gasteiger partial charge in [0.1, 0.15) is 5.75 Å². The third kappa shape index (κ3) is 6.03. The summed E-state index contributed by atoms with van der Waals surface area (Å²) in [6.45, 7) is 2.09. The van der Waals surface area contributed by atoms with Gasteiger partial charge in [0.25, 0.3) is 0 Å². The second-order valence-electron chi connectivity index (χ2n) is 4.78. The Morgan fingerprint density at radius 1 is 1.43 bits per heavy atom. The minimum atomic E-state index is -4.73. The fraction of sp³-hybridized carbons (Fsp3) is 0.500. The van der Waals surface area contributed by atoms with Crippen LogP contribution in [0.3, 0.4) is 0 Å². The summed E-state index contributed by atoms with van der Waals surface area (Å²) in [5.41, 5.74) is 6.27. The van der Waals surface area contributed by atoms with Crippen molar-refractivity contribution in [3.63, 3.8) is 0 Å². The van der Waals surface area contributed by atoms with Gasteiger partial charge < -0.3 is 15.4 Å². The van der Waals surface area contributed by atoms with Gasteiger partial charge in [0.2, 0.25) is 5.91 Å². The molecule has 0 aliphatic rings. The zero-order valence-electron chi connectivity index (χ0n) is 12.0. The van der Waals surface area contributed by atoms with Crippen LogP contribution in [-0.2, 0) is 11.3 Å². The Bertz CT molecular complexity index is 478. The van der Waals surface area contributed by atoms with Gasteiger partial charge >= 0.3 is 6.36 Å². The summed E-state index contributed by atoms with van der Waals surface area (Å²) in [6, 6.07) is 4.94. The number of carbonyl (C=O) groups is 1. The molecule has 0 bridgehead atoms. The second kappa shape index (κ2) is 7.31. The number of amides is 1. The number of ether oxygens (including phenoxy) is 1. The first kappa shape index (κ1) is 17.3. The third-order valence-corrected chi connectivity index (χ3v) is 2.84. The highest BCUT2D eigenvalue weighted by atomic mass is 19.4. The molecule has 21 heavy (non-hydrogen) atoms. The minimum Gasteiger partial charge on any atom is -0.406 e. The van der Waals surface area contributed by atoms with Crippen LogP contribution in [0.1, 0.15) is 25.3 Å². The molecule has 0 saturated carbocycles. The first-order chi connectivity index (χ1) is 9.73. The summed E-state index contributed by atoms with van der Waals surface area (Å²) in [5, 5.41) is 0. The summed E-state index contributed by atoms with van der Waals surface area (Å²) in [7, 11) is 1.56. The van der Waals surface area contributed by atoms with E-state index in [1.54, 1.807) is 13.1 Å². The van der Waals surface area contributed by atoms with Gasteiger partial charge in [0.15, 0.2) is 0 Å². The van der Waals surface area contributed by atoms with E-state index in [0.717, 1.165) is 6.42 Å². The van der Waals surface area contributed by atoms with Crippen molar-refractivity contribution in [2.75, 3.05) is 7.05 Å². The van der Waals surface area contributed by atoms with Crippen molar-refractivity contribution >= 4 is 5.91 Å². The first-order valence-corrected chi connectivity index (χ1v) is 6.58. The number of hydrogen-bond acceptors (Lipinski definition) is 3. The summed E-state index contributed by atoms with van der Waals surface area (Å²) >= 11 is 0. The lowest BCUT2D eigenvalue weighted by molar-refractivity contribution is -0.274. The largest absolute Gasteiger partial charge is 0.573 e. The van der Waals surface area contributed by atoms with Gasteiger partial charge in [-0.25, -0.2) is 0 Å². The highest BCUT2D eigenvalue weighted by Gasteiger charge is 2.31. The maximum atomic E-state index is 12.2. The average molecular weight is 304 g/mol. The Morgan fingerprint density at radius 2 is 2.10 bits per heavy atom. The lowest BCUT2D eigenvalue weighted by atomic mass is 10.1. The molecule has 1 atom stereocenters. The van der Waals surface area contributed by atoms with Crippen LogP contribution >= 0.6 is 0 Å². The molecule has 0 radical (unpaired) electrons. The molecule has 4 nitrogen and oxygen atoms in total. The number of halogens is 3. The zero-order chi connectivity index (χ0) is 16.0. The van der Waals surface area contributed by atoms with Gasteiger partial charge in [-0.1, -0.05) is 25.5 Å². The van der Waals surface area contributed by atoms with Gasteiger partial charge in [-0.2, -0.15) is 0 Å². The fourth-order valence-electron chi connectivity index (χ4n) is 1.91. The quantitative estimate of drug-likeness (QED) is 0.879. The molecule has 1 unspecified atom stereocenters. The summed E-state index contributed by atoms with van der Waals surface area (Å²) in [6.07, 6.45) is -3.38. The lowest BCUT2D eigenvalue weighted by Gasteiger charge is -2.21. The zero-order valence-corrected chi connectivity index (χ0v) is 12.0. The maximum Gasteiger partial charge on any atom is 0.573 e. The van der Waals surface area contributed by atoms with Crippen LogP contribution in [0.4, 0.5) is 13.2 Å². The Balaban J connectivity index is 2.70. The number of carbonyl (C=O) groups excluding carboxylic acids is 1. The predicted octanol–water partition coefficient (Wildman–Crippen LogP) is 2.67. The summed E-state index contributed by atoms with van der Waals surface area (Å²) in [5.74, 6) is -0.544. The second-order valence-corrected chi connectivity index (χ2v) is 4.78. The molecule has 7 heteroatoms. The normalized spacial score (nSPS) is 12.9. The molecule has 2 N–H and O–H groups in total. The van der Waals surface area contributed by atoms with Crippen molar-refractivity contribution in [3.8, 4) is 5.75 Å². The number of nitrogens with zero attached hydrogens (tertiary/aromatic N) is 1. The van der Waals surface area contributed by atoms with E-state index in [4.69, 9.17) is 5.73 Å². The maximum absolute atomic E-state index is 12.2. The third-order valence-electron chi connectivity index (χ3n) is 2.84. The van der Waals surface area contributed by atoms with Gasteiger partial charge in [0, 0.05) is 13.6 Å². The van der Waals surface area contributed by atoms with E-state index in [0.29, 0.717) is 12.0 Å². The Kier molecular flexibility index (Phi) is 6.02. The van der Waals surface area contributed by atoms with Crippen molar-refractivity contribution in [3.05, 3.63) is 29.8 Å². The fourth-order valence-corrected chi connectivity index (χ4v) is 1.91. The number of likely N-dealkylation sites (N-methyl/N-ethyl adjacent to an activating group) is 1. The number of alkyl halides is 3. The smallest absolute Gasteiger partial charge is 0.406 e. The molecule has 1 rings (SSSR count). The van der Waals surface area contributed by atoms with Crippen LogP contribution in [0.25, 0.3) is 0 Å². The molecular formula is C14H19F3N2O2. The van der Waals surface area contributed by atoms with Gasteiger partial charge in [-0.3, -0.25) is 4.79 Å². The number of rotatable bonds is 6. The molecule has 118 valence electrons. The van der Waals surface area contributed by atoms with E-state index in [-0.39, 0.29) is 18.2 Å². The van der Waals surface area contributed by atoms with Crippen molar-refractivity contribution < 1.29 is 22.7 Å².